The van der Waals surface area contributed by atoms with Gasteiger partial charge in [0, 0.05) is 5.56 Å². The van der Waals surface area contributed by atoms with Gasteiger partial charge in [0.2, 0.25) is 0 Å². The van der Waals surface area contributed by atoms with E-state index in [1.165, 1.54) is 0 Å². The van der Waals surface area contributed by atoms with E-state index in [1.54, 1.807) is 0 Å². The molecule has 1 aromatic carbocycles. The van der Waals surface area contributed by atoms with Gasteiger partial charge in [0.15, 0.2) is 0 Å². The highest BCUT2D eigenvalue weighted by Gasteiger charge is 1.96. The molecule has 0 aliphatic rings. The minimum absolute atomic E-state index is 0.0756. The zero-order chi connectivity index (χ0) is 8.97. The molecule has 1 nitrogen and oxygen atoms in total. The van der Waals surface area contributed by atoms with Crippen molar-refractivity contribution in [3.8, 4) is 11.8 Å². The summed E-state index contributed by atoms with van der Waals surface area (Å²) in [6, 6.07) is 6.05. The molecule has 0 atom stereocenters. The van der Waals surface area contributed by atoms with Gasteiger partial charge in [0.05, 0.1) is 0 Å². The zero-order valence-corrected chi connectivity index (χ0v) is 7.39. The number of benzene rings is 1. The molecule has 0 saturated heterocycles. The molecule has 12 heavy (non-hydrogen) atoms. The molecule has 1 heteroatoms. The predicted molar refractivity (Wildman–Crippen MR) is 49.9 cm³/mol. The maximum Gasteiger partial charge on any atom is 0.104 e. The van der Waals surface area contributed by atoms with Crippen molar-refractivity contribution in [2.75, 3.05) is 6.61 Å². The lowest BCUT2D eigenvalue weighted by atomic mass is 10.0. The second-order valence-corrected chi connectivity index (χ2v) is 2.73. The summed E-state index contributed by atoms with van der Waals surface area (Å²) in [6.07, 6.45) is 0. The SMILES string of the molecule is Cc1cccc(C)c1C#CCO. The Kier molecular flexibility index (Phi) is 2.90. The molecule has 0 aliphatic heterocycles. The standard InChI is InChI=1S/C11H12O/c1-9-5-3-6-10(2)11(9)7-4-8-12/h3,5-6,12H,8H2,1-2H3. The molecule has 0 spiro atoms. The molecular formula is C11H12O. The van der Waals surface area contributed by atoms with Gasteiger partial charge in [0.1, 0.15) is 6.61 Å². The summed E-state index contributed by atoms with van der Waals surface area (Å²) in [5, 5.41) is 8.54. The summed E-state index contributed by atoms with van der Waals surface area (Å²) in [5.41, 5.74) is 3.36. The van der Waals surface area contributed by atoms with Crippen LogP contribution >= 0.6 is 0 Å². The summed E-state index contributed by atoms with van der Waals surface area (Å²) < 4.78 is 0. The Labute approximate surface area is 73.0 Å². The maximum absolute atomic E-state index is 8.54. The van der Waals surface area contributed by atoms with Gasteiger partial charge in [-0.25, -0.2) is 0 Å². The Morgan fingerprint density at radius 1 is 1.25 bits per heavy atom. The minimum Gasteiger partial charge on any atom is -0.384 e. The van der Waals surface area contributed by atoms with Gasteiger partial charge in [-0.15, -0.1) is 0 Å². The first kappa shape index (κ1) is 8.83. The molecule has 0 amide bonds. The second-order valence-electron chi connectivity index (χ2n) is 2.73. The third kappa shape index (κ3) is 1.87. The molecule has 0 aliphatic carbocycles. The van der Waals surface area contributed by atoms with Gasteiger partial charge in [-0.1, -0.05) is 30.0 Å². The van der Waals surface area contributed by atoms with E-state index in [4.69, 9.17) is 5.11 Å². The molecule has 0 aromatic heterocycles. The fourth-order valence-corrected chi connectivity index (χ4v) is 1.14. The summed E-state index contributed by atoms with van der Waals surface area (Å²) >= 11 is 0. The van der Waals surface area contributed by atoms with Crippen LogP contribution in [-0.4, -0.2) is 11.7 Å². The highest BCUT2D eigenvalue weighted by atomic mass is 16.2. The van der Waals surface area contributed by atoms with Gasteiger partial charge in [-0.3, -0.25) is 0 Å². The largest absolute Gasteiger partial charge is 0.384 e. The predicted octanol–water partition coefficient (Wildman–Crippen LogP) is 1.65. The van der Waals surface area contributed by atoms with Crippen LogP contribution in [0.4, 0.5) is 0 Å². The van der Waals surface area contributed by atoms with E-state index in [1.807, 2.05) is 32.0 Å². The van der Waals surface area contributed by atoms with Crippen LogP contribution in [0.3, 0.4) is 0 Å². The molecule has 0 radical (unpaired) electrons. The molecule has 0 unspecified atom stereocenters. The summed E-state index contributed by atoms with van der Waals surface area (Å²) in [7, 11) is 0. The highest BCUT2D eigenvalue weighted by molar-refractivity contribution is 5.46. The average molecular weight is 160 g/mol. The van der Waals surface area contributed by atoms with E-state index in [-0.39, 0.29) is 6.61 Å². The number of aliphatic hydroxyl groups excluding tert-OH is 1. The Bertz CT molecular complexity index is 308. The third-order valence-electron chi connectivity index (χ3n) is 1.77. The van der Waals surface area contributed by atoms with E-state index < -0.39 is 0 Å². The normalized spacial score (nSPS) is 8.92. The number of rotatable bonds is 0. The fourth-order valence-electron chi connectivity index (χ4n) is 1.14. The molecule has 1 aromatic rings. The van der Waals surface area contributed by atoms with E-state index in [0.29, 0.717) is 0 Å². The Morgan fingerprint density at radius 2 is 1.83 bits per heavy atom. The third-order valence-corrected chi connectivity index (χ3v) is 1.77. The van der Waals surface area contributed by atoms with Crippen LogP contribution in [0.1, 0.15) is 16.7 Å². The lowest BCUT2D eigenvalue weighted by Gasteiger charge is -2.00. The molecule has 1 rings (SSSR count). The highest BCUT2D eigenvalue weighted by Crippen LogP contribution is 2.10. The lowest BCUT2D eigenvalue weighted by Crippen LogP contribution is -1.86. The topological polar surface area (TPSA) is 20.2 Å². The first-order chi connectivity index (χ1) is 5.75. The molecule has 0 fully saturated rings. The van der Waals surface area contributed by atoms with Crippen molar-refractivity contribution in [1.29, 1.82) is 0 Å². The molecule has 0 heterocycles. The van der Waals surface area contributed by atoms with Crippen LogP contribution in [0.15, 0.2) is 18.2 Å². The zero-order valence-electron chi connectivity index (χ0n) is 7.39. The van der Waals surface area contributed by atoms with Gasteiger partial charge in [0.25, 0.3) is 0 Å². The van der Waals surface area contributed by atoms with Gasteiger partial charge >= 0.3 is 0 Å². The van der Waals surface area contributed by atoms with Crippen LogP contribution in [0.2, 0.25) is 0 Å². The van der Waals surface area contributed by atoms with Crippen molar-refractivity contribution in [2.45, 2.75) is 13.8 Å². The number of hydrogen-bond acceptors (Lipinski definition) is 1. The van der Waals surface area contributed by atoms with E-state index in [9.17, 15) is 0 Å². The Morgan fingerprint density at radius 3 is 2.33 bits per heavy atom. The van der Waals surface area contributed by atoms with Crippen LogP contribution < -0.4 is 0 Å². The van der Waals surface area contributed by atoms with Crippen molar-refractivity contribution in [2.24, 2.45) is 0 Å². The van der Waals surface area contributed by atoms with Gasteiger partial charge in [-0.05, 0) is 25.0 Å². The Balaban J connectivity index is 3.13. The van der Waals surface area contributed by atoms with Crippen LogP contribution in [-0.2, 0) is 0 Å². The average Bonchev–Trinajstić information content (AvgIpc) is 2.04. The van der Waals surface area contributed by atoms with Crippen molar-refractivity contribution < 1.29 is 5.11 Å². The van der Waals surface area contributed by atoms with Crippen molar-refractivity contribution in [1.82, 2.24) is 0 Å². The van der Waals surface area contributed by atoms with E-state index in [2.05, 4.69) is 11.8 Å². The second kappa shape index (κ2) is 3.94. The van der Waals surface area contributed by atoms with Crippen molar-refractivity contribution in [3.63, 3.8) is 0 Å². The molecular weight excluding hydrogens is 148 g/mol. The van der Waals surface area contributed by atoms with Crippen LogP contribution in [0, 0.1) is 25.7 Å². The molecule has 62 valence electrons. The van der Waals surface area contributed by atoms with Gasteiger partial charge in [-0.2, -0.15) is 0 Å². The first-order valence-corrected chi connectivity index (χ1v) is 3.91. The van der Waals surface area contributed by atoms with E-state index in [0.717, 1.165) is 16.7 Å². The fraction of sp³-hybridized carbons (Fsp3) is 0.273. The number of hydrogen-bond donors (Lipinski definition) is 1. The first-order valence-electron chi connectivity index (χ1n) is 3.91. The van der Waals surface area contributed by atoms with Gasteiger partial charge < -0.3 is 5.11 Å². The monoisotopic (exact) mass is 160 g/mol. The quantitative estimate of drug-likeness (QED) is 0.572. The molecule has 0 bridgehead atoms. The van der Waals surface area contributed by atoms with Crippen LogP contribution in [0.5, 0.6) is 0 Å². The smallest absolute Gasteiger partial charge is 0.104 e. The van der Waals surface area contributed by atoms with Crippen LogP contribution in [0.25, 0.3) is 0 Å². The maximum atomic E-state index is 8.54. The summed E-state index contributed by atoms with van der Waals surface area (Å²) in [4.78, 5) is 0. The number of aryl methyl sites for hydroxylation is 2. The molecule has 1 N–H and O–H groups in total. The Hall–Kier alpha value is -1.26. The molecule has 0 saturated carbocycles. The van der Waals surface area contributed by atoms with Crippen molar-refractivity contribution >= 4 is 0 Å². The summed E-state index contributed by atoms with van der Waals surface area (Å²) in [5.74, 6) is 5.58. The van der Waals surface area contributed by atoms with Crippen molar-refractivity contribution in [3.05, 3.63) is 34.9 Å². The van der Waals surface area contributed by atoms with E-state index >= 15 is 0 Å². The lowest BCUT2D eigenvalue weighted by molar-refractivity contribution is 0.350. The summed E-state index contributed by atoms with van der Waals surface area (Å²) in [6.45, 7) is 3.97. The number of aliphatic hydroxyl groups is 1. The minimum atomic E-state index is -0.0756.